The molecule has 5 heteroatoms. The number of rotatable bonds is 8. The van der Waals surface area contributed by atoms with Gasteiger partial charge < -0.3 is 14.9 Å². The number of aliphatic hydroxyl groups excluding tert-OH is 1. The lowest BCUT2D eigenvalue weighted by Gasteiger charge is -2.33. The predicted molar refractivity (Wildman–Crippen MR) is 71.9 cm³/mol. The largest absolute Gasteiger partial charge is 0.385 e. The fraction of sp³-hybridized carbons (Fsp3) is 0.857. The van der Waals surface area contributed by atoms with Crippen LogP contribution in [0.2, 0.25) is 0 Å². The maximum absolute atomic E-state index is 12.0. The van der Waals surface area contributed by atoms with E-state index in [1.165, 1.54) is 20.8 Å². The zero-order valence-corrected chi connectivity index (χ0v) is 12.7. The molecular weight excluding hydrogens is 248 g/mol. The van der Waals surface area contributed by atoms with Gasteiger partial charge in [-0.25, -0.2) is 0 Å². The van der Waals surface area contributed by atoms with Crippen molar-refractivity contribution >= 4 is 11.6 Å². The Balaban J connectivity index is 5.00. The molecule has 0 heterocycles. The molecule has 0 radical (unpaired) electrons. The maximum atomic E-state index is 12.0. The molecule has 0 fully saturated rings. The molecule has 0 aromatic carbocycles. The molecule has 2 N–H and O–H groups in total. The summed E-state index contributed by atoms with van der Waals surface area (Å²) in [6, 6.07) is 0. The summed E-state index contributed by atoms with van der Waals surface area (Å²) in [5, 5.41) is 19.3. The number of ketones is 2. The van der Waals surface area contributed by atoms with Crippen LogP contribution in [0.5, 0.6) is 0 Å². The highest BCUT2D eigenvalue weighted by Gasteiger charge is 2.41. The lowest BCUT2D eigenvalue weighted by molar-refractivity contribution is -0.169. The molecule has 0 aliphatic carbocycles. The Kier molecular flexibility index (Phi) is 6.32. The van der Waals surface area contributed by atoms with Crippen LogP contribution in [0, 0.1) is 0 Å². The number of carbonyl (C=O) groups is 2. The Labute approximate surface area is 115 Å². The number of carbonyl (C=O) groups excluding carboxylic acids is 2. The first kappa shape index (κ1) is 18.2. The minimum atomic E-state index is -1.47. The van der Waals surface area contributed by atoms with Gasteiger partial charge >= 0.3 is 0 Å². The van der Waals surface area contributed by atoms with Crippen LogP contribution in [0.15, 0.2) is 0 Å². The SMILES string of the molecule is CCC(C)(O)C(=O)C(C)OC(C)(CC)C(=O)C(C)O. The van der Waals surface area contributed by atoms with Gasteiger partial charge in [0.2, 0.25) is 0 Å². The Morgan fingerprint density at radius 3 is 1.89 bits per heavy atom. The topological polar surface area (TPSA) is 83.8 Å². The standard InChI is InChI=1S/C14H26O5/c1-7-13(5,18)12(17)10(4)19-14(6,8-2)11(16)9(3)15/h9-10,15,18H,7-8H2,1-6H3. The monoisotopic (exact) mass is 274 g/mol. The highest BCUT2D eigenvalue weighted by atomic mass is 16.5. The van der Waals surface area contributed by atoms with Gasteiger partial charge in [0.1, 0.15) is 23.4 Å². The van der Waals surface area contributed by atoms with E-state index in [0.29, 0.717) is 6.42 Å². The lowest BCUT2D eigenvalue weighted by Crippen LogP contribution is -2.50. The minimum Gasteiger partial charge on any atom is -0.385 e. The quantitative estimate of drug-likeness (QED) is 0.695. The molecule has 4 unspecified atom stereocenters. The third kappa shape index (κ3) is 4.37. The number of hydrogen-bond donors (Lipinski definition) is 2. The van der Waals surface area contributed by atoms with Crippen molar-refractivity contribution in [3.05, 3.63) is 0 Å². The van der Waals surface area contributed by atoms with Crippen molar-refractivity contribution in [3.8, 4) is 0 Å². The van der Waals surface area contributed by atoms with Crippen molar-refractivity contribution in [1.29, 1.82) is 0 Å². The minimum absolute atomic E-state index is 0.271. The van der Waals surface area contributed by atoms with Crippen LogP contribution in [0.25, 0.3) is 0 Å². The van der Waals surface area contributed by atoms with E-state index in [2.05, 4.69) is 0 Å². The molecule has 0 rings (SSSR count). The number of aliphatic hydroxyl groups is 2. The van der Waals surface area contributed by atoms with Gasteiger partial charge in [-0.15, -0.1) is 0 Å². The van der Waals surface area contributed by atoms with Crippen LogP contribution in [0.3, 0.4) is 0 Å². The van der Waals surface area contributed by atoms with Crippen molar-refractivity contribution in [2.45, 2.75) is 77.8 Å². The molecule has 4 atom stereocenters. The van der Waals surface area contributed by atoms with Crippen LogP contribution in [0.4, 0.5) is 0 Å². The number of Topliss-reactive ketones (excluding diaryl/α,β-unsaturated/α-hetero) is 2. The maximum Gasteiger partial charge on any atom is 0.192 e. The zero-order valence-electron chi connectivity index (χ0n) is 12.7. The molecule has 5 nitrogen and oxygen atoms in total. The summed E-state index contributed by atoms with van der Waals surface area (Å²) < 4.78 is 5.54. The molecule has 112 valence electrons. The third-order valence-electron chi connectivity index (χ3n) is 3.60. The van der Waals surface area contributed by atoms with E-state index < -0.39 is 35.0 Å². The molecule has 0 spiro atoms. The molecule has 0 saturated heterocycles. The second kappa shape index (κ2) is 6.59. The van der Waals surface area contributed by atoms with E-state index in [9.17, 15) is 19.8 Å². The zero-order chi connectivity index (χ0) is 15.4. The molecule has 0 aromatic heterocycles. The highest BCUT2D eigenvalue weighted by Crippen LogP contribution is 2.23. The van der Waals surface area contributed by atoms with Crippen LogP contribution in [0.1, 0.15) is 54.4 Å². The molecule has 0 amide bonds. The van der Waals surface area contributed by atoms with Crippen LogP contribution in [-0.4, -0.2) is 45.2 Å². The number of ether oxygens (including phenoxy) is 1. The average Bonchev–Trinajstić information content (AvgIpc) is 2.36. The van der Waals surface area contributed by atoms with Crippen LogP contribution < -0.4 is 0 Å². The summed E-state index contributed by atoms with van der Waals surface area (Å²) in [6.07, 6.45) is -1.46. The fourth-order valence-corrected chi connectivity index (χ4v) is 1.81. The van der Waals surface area contributed by atoms with Gasteiger partial charge in [0, 0.05) is 0 Å². The summed E-state index contributed by atoms with van der Waals surface area (Å²) >= 11 is 0. The Hall–Kier alpha value is -0.780. The molecule has 0 saturated carbocycles. The molecule has 0 bridgehead atoms. The molecular formula is C14H26O5. The van der Waals surface area contributed by atoms with Gasteiger partial charge in [-0.3, -0.25) is 9.59 Å². The van der Waals surface area contributed by atoms with E-state index in [4.69, 9.17) is 4.74 Å². The molecule has 0 aromatic rings. The Morgan fingerprint density at radius 1 is 1.11 bits per heavy atom. The van der Waals surface area contributed by atoms with E-state index in [1.807, 2.05) is 0 Å². The third-order valence-corrected chi connectivity index (χ3v) is 3.60. The second-order valence-corrected chi connectivity index (χ2v) is 5.38. The van der Waals surface area contributed by atoms with Crippen molar-refractivity contribution in [1.82, 2.24) is 0 Å². The first-order valence-electron chi connectivity index (χ1n) is 6.68. The van der Waals surface area contributed by atoms with Crippen LogP contribution in [-0.2, 0) is 14.3 Å². The van der Waals surface area contributed by atoms with Gasteiger partial charge in [0.25, 0.3) is 0 Å². The van der Waals surface area contributed by atoms with E-state index in [-0.39, 0.29) is 6.42 Å². The summed E-state index contributed by atoms with van der Waals surface area (Å²) in [5.74, 6) is -0.932. The van der Waals surface area contributed by atoms with Crippen LogP contribution >= 0.6 is 0 Å². The van der Waals surface area contributed by atoms with Gasteiger partial charge in [-0.1, -0.05) is 13.8 Å². The normalized spacial score (nSPS) is 21.1. The second-order valence-electron chi connectivity index (χ2n) is 5.38. The van der Waals surface area contributed by atoms with Crippen molar-refractivity contribution < 1.29 is 24.5 Å². The molecule has 0 aliphatic rings. The average molecular weight is 274 g/mol. The van der Waals surface area contributed by atoms with Gasteiger partial charge in [0.05, 0.1) is 0 Å². The first-order chi connectivity index (χ1) is 8.51. The Bertz CT molecular complexity index is 335. The first-order valence-corrected chi connectivity index (χ1v) is 6.68. The predicted octanol–water partition coefficient (Wildman–Crippen LogP) is 1.24. The fourth-order valence-electron chi connectivity index (χ4n) is 1.81. The van der Waals surface area contributed by atoms with Crippen molar-refractivity contribution in [3.63, 3.8) is 0 Å². The van der Waals surface area contributed by atoms with E-state index in [1.54, 1.807) is 20.8 Å². The van der Waals surface area contributed by atoms with Gasteiger partial charge in [-0.2, -0.15) is 0 Å². The number of hydrogen-bond acceptors (Lipinski definition) is 5. The van der Waals surface area contributed by atoms with E-state index in [0.717, 1.165) is 0 Å². The van der Waals surface area contributed by atoms with Gasteiger partial charge in [0.15, 0.2) is 11.6 Å². The lowest BCUT2D eigenvalue weighted by atomic mass is 9.91. The van der Waals surface area contributed by atoms with E-state index >= 15 is 0 Å². The summed E-state index contributed by atoms with van der Waals surface area (Å²) in [6.45, 7) is 9.30. The highest BCUT2D eigenvalue weighted by molar-refractivity contribution is 5.93. The molecule has 19 heavy (non-hydrogen) atoms. The van der Waals surface area contributed by atoms with Crippen molar-refractivity contribution in [2.24, 2.45) is 0 Å². The smallest absolute Gasteiger partial charge is 0.192 e. The van der Waals surface area contributed by atoms with Crippen molar-refractivity contribution in [2.75, 3.05) is 0 Å². The molecule has 0 aliphatic heterocycles. The summed E-state index contributed by atoms with van der Waals surface area (Å²) in [5.41, 5.74) is -2.70. The summed E-state index contributed by atoms with van der Waals surface area (Å²) in [7, 11) is 0. The Morgan fingerprint density at radius 2 is 1.58 bits per heavy atom. The van der Waals surface area contributed by atoms with Gasteiger partial charge in [-0.05, 0) is 40.5 Å². The summed E-state index contributed by atoms with van der Waals surface area (Å²) in [4.78, 5) is 24.0.